The zero-order valence-electron chi connectivity index (χ0n) is 18.9. The van der Waals surface area contributed by atoms with E-state index in [0.717, 1.165) is 33.4 Å². The van der Waals surface area contributed by atoms with E-state index in [1.54, 1.807) is 0 Å². The number of nitrogens with one attached hydrogen (secondary N) is 1. The second-order valence-electron chi connectivity index (χ2n) is 8.31. The first-order valence-electron chi connectivity index (χ1n) is 11.3. The van der Waals surface area contributed by atoms with Gasteiger partial charge in [0.15, 0.2) is 5.78 Å². The first kappa shape index (κ1) is 23.5. The lowest BCUT2D eigenvalue weighted by Gasteiger charge is -2.36. The maximum atomic E-state index is 13.5. The molecule has 6 heteroatoms. The van der Waals surface area contributed by atoms with Crippen LogP contribution in [-0.4, -0.2) is 31.6 Å². The Labute approximate surface area is 203 Å². The number of carbonyl (C=O) groups is 2. The van der Waals surface area contributed by atoms with Crippen molar-refractivity contribution in [1.82, 2.24) is 5.32 Å². The van der Waals surface area contributed by atoms with Crippen molar-refractivity contribution in [3.05, 3.63) is 92.7 Å². The Bertz CT molecular complexity index is 1090. The summed E-state index contributed by atoms with van der Waals surface area (Å²) in [7, 11) is 0. The van der Waals surface area contributed by atoms with Crippen molar-refractivity contribution in [2.24, 2.45) is 0 Å². The number of hydrogen-bond donors (Lipinski definition) is 1. The van der Waals surface area contributed by atoms with Crippen molar-refractivity contribution in [2.45, 2.75) is 38.5 Å². The topological polar surface area (TPSA) is 64.6 Å². The molecule has 0 radical (unpaired) electrons. The summed E-state index contributed by atoms with van der Waals surface area (Å²) in [4.78, 5) is 26.7. The summed E-state index contributed by atoms with van der Waals surface area (Å²) in [5.41, 5.74) is 4.84. The van der Waals surface area contributed by atoms with Crippen LogP contribution in [0.25, 0.3) is 0 Å². The van der Waals surface area contributed by atoms with Gasteiger partial charge in [-0.05, 0) is 49.4 Å². The highest BCUT2D eigenvalue weighted by Crippen LogP contribution is 2.45. The van der Waals surface area contributed by atoms with Crippen LogP contribution in [0.4, 0.5) is 0 Å². The number of hydrogen-bond acceptors (Lipinski definition) is 5. The van der Waals surface area contributed by atoms with Crippen LogP contribution in [-0.2, 0) is 19.1 Å². The standard InChI is InChI=1S/C27H28BrNO4/c1-3-32-13-14-33-27(31)24-17(2)29-22-15-20(18-7-5-4-6-8-18)16-23(30)26(22)25(24)19-9-11-21(28)12-10-19/h4-12,20,25,29H,3,13-16H2,1-2H3/t20-,25+/m1/s1. The van der Waals surface area contributed by atoms with Crippen LogP contribution in [0.3, 0.4) is 0 Å². The predicted molar refractivity (Wildman–Crippen MR) is 131 cm³/mol. The number of dihydropyridines is 1. The number of halogens is 1. The number of esters is 1. The van der Waals surface area contributed by atoms with Crippen molar-refractivity contribution >= 4 is 27.7 Å². The average molecular weight is 510 g/mol. The van der Waals surface area contributed by atoms with E-state index in [1.807, 2.05) is 56.3 Å². The van der Waals surface area contributed by atoms with Crippen LogP contribution in [0.1, 0.15) is 49.7 Å². The first-order valence-corrected chi connectivity index (χ1v) is 12.1. The SMILES string of the molecule is CCOCCOC(=O)C1=C(C)NC2=C(C(=O)C[C@H](c3ccccc3)C2)[C@H]1c1ccc(Br)cc1. The number of carbonyl (C=O) groups excluding carboxylic acids is 2. The van der Waals surface area contributed by atoms with Crippen LogP contribution in [0, 0.1) is 0 Å². The number of allylic oxidation sites excluding steroid dienone is 3. The molecule has 0 saturated carbocycles. The van der Waals surface area contributed by atoms with Gasteiger partial charge in [-0.2, -0.15) is 0 Å². The molecule has 2 aliphatic rings. The van der Waals surface area contributed by atoms with Crippen molar-refractivity contribution in [2.75, 3.05) is 19.8 Å². The molecule has 0 spiro atoms. The maximum Gasteiger partial charge on any atom is 0.336 e. The van der Waals surface area contributed by atoms with Crippen LogP contribution in [0.2, 0.25) is 0 Å². The fraction of sp³-hybridized carbons (Fsp3) is 0.333. The molecule has 0 aromatic heterocycles. The van der Waals surface area contributed by atoms with E-state index < -0.39 is 11.9 Å². The molecule has 33 heavy (non-hydrogen) atoms. The Morgan fingerprint density at radius 3 is 2.45 bits per heavy atom. The maximum absolute atomic E-state index is 13.5. The van der Waals surface area contributed by atoms with E-state index >= 15 is 0 Å². The zero-order valence-corrected chi connectivity index (χ0v) is 20.5. The molecular formula is C27H28BrNO4. The monoisotopic (exact) mass is 509 g/mol. The molecule has 4 rings (SSSR count). The predicted octanol–water partition coefficient (Wildman–Crippen LogP) is 5.39. The summed E-state index contributed by atoms with van der Waals surface area (Å²) in [5.74, 6) is -0.698. The molecule has 1 aliphatic carbocycles. The molecule has 0 unspecified atom stereocenters. The Balaban J connectivity index is 1.70. The third kappa shape index (κ3) is 5.12. The Morgan fingerprint density at radius 1 is 1.03 bits per heavy atom. The molecule has 1 aliphatic heterocycles. The third-order valence-corrected chi connectivity index (χ3v) is 6.72. The third-order valence-electron chi connectivity index (χ3n) is 6.19. The molecule has 2 atom stereocenters. The quantitative estimate of drug-likeness (QED) is 0.400. The van der Waals surface area contributed by atoms with Gasteiger partial charge < -0.3 is 14.8 Å². The minimum Gasteiger partial charge on any atom is -0.460 e. The number of ketones is 1. The summed E-state index contributed by atoms with van der Waals surface area (Å²) in [5, 5.41) is 3.39. The lowest BCUT2D eigenvalue weighted by molar-refractivity contribution is -0.140. The first-order chi connectivity index (χ1) is 16.0. The van der Waals surface area contributed by atoms with Gasteiger partial charge in [-0.15, -0.1) is 0 Å². The van der Waals surface area contributed by atoms with E-state index in [4.69, 9.17) is 9.47 Å². The number of Topliss-reactive ketones (excluding diaryl/α,β-unsaturated/α-hetero) is 1. The van der Waals surface area contributed by atoms with E-state index in [0.29, 0.717) is 30.8 Å². The van der Waals surface area contributed by atoms with Crippen LogP contribution in [0.5, 0.6) is 0 Å². The van der Waals surface area contributed by atoms with Gasteiger partial charge in [0, 0.05) is 40.4 Å². The molecule has 0 fully saturated rings. The highest BCUT2D eigenvalue weighted by atomic mass is 79.9. The van der Waals surface area contributed by atoms with Crippen LogP contribution < -0.4 is 5.32 Å². The van der Waals surface area contributed by atoms with Crippen molar-refractivity contribution in [1.29, 1.82) is 0 Å². The highest BCUT2D eigenvalue weighted by molar-refractivity contribution is 9.10. The van der Waals surface area contributed by atoms with Crippen molar-refractivity contribution in [3.8, 4) is 0 Å². The minimum absolute atomic E-state index is 0.0673. The Kier molecular flexibility index (Phi) is 7.46. The second kappa shape index (κ2) is 10.5. The lowest BCUT2D eigenvalue weighted by atomic mass is 9.72. The molecule has 1 heterocycles. The average Bonchev–Trinajstić information content (AvgIpc) is 2.82. The van der Waals surface area contributed by atoms with Gasteiger partial charge in [0.2, 0.25) is 0 Å². The fourth-order valence-electron chi connectivity index (χ4n) is 4.67. The largest absolute Gasteiger partial charge is 0.460 e. The molecule has 0 amide bonds. The molecule has 0 saturated heterocycles. The highest BCUT2D eigenvalue weighted by Gasteiger charge is 2.41. The molecule has 0 bridgehead atoms. The van der Waals surface area contributed by atoms with Gasteiger partial charge in [-0.3, -0.25) is 4.79 Å². The fourth-order valence-corrected chi connectivity index (χ4v) is 4.94. The van der Waals surface area contributed by atoms with E-state index in [9.17, 15) is 9.59 Å². The lowest BCUT2D eigenvalue weighted by Crippen LogP contribution is -2.36. The van der Waals surface area contributed by atoms with Crippen molar-refractivity contribution < 1.29 is 19.1 Å². The normalized spacial score (nSPS) is 20.4. The smallest absolute Gasteiger partial charge is 0.336 e. The van der Waals surface area contributed by atoms with E-state index in [1.165, 1.54) is 0 Å². The van der Waals surface area contributed by atoms with Crippen LogP contribution in [0.15, 0.2) is 81.6 Å². The summed E-state index contributed by atoms with van der Waals surface area (Å²) in [6, 6.07) is 17.9. The number of ether oxygens (including phenoxy) is 2. The summed E-state index contributed by atoms with van der Waals surface area (Å²) in [6.07, 6.45) is 1.14. The number of rotatable bonds is 7. The summed E-state index contributed by atoms with van der Waals surface area (Å²) in [6.45, 7) is 4.86. The van der Waals surface area contributed by atoms with Crippen LogP contribution >= 0.6 is 15.9 Å². The summed E-state index contributed by atoms with van der Waals surface area (Å²) >= 11 is 3.48. The number of benzene rings is 2. The van der Waals surface area contributed by atoms with Gasteiger partial charge >= 0.3 is 5.97 Å². The summed E-state index contributed by atoms with van der Waals surface area (Å²) < 4.78 is 11.8. The van der Waals surface area contributed by atoms with Gasteiger partial charge in [0.25, 0.3) is 0 Å². The van der Waals surface area contributed by atoms with Crippen molar-refractivity contribution in [3.63, 3.8) is 0 Å². The zero-order chi connectivity index (χ0) is 23.4. The van der Waals surface area contributed by atoms with Gasteiger partial charge in [-0.25, -0.2) is 4.79 Å². The van der Waals surface area contributed by atoms with Gasteiger partial charge in [-0.1, -0.05) is 58.4 Å². The molecule has 172 valence electrons. The Morgan fingerprint density at radius 2 is 1.76 bits per heavy atom. The molecule has 1 N–H and O–H groups in total. The van der Waals surface area contributed by atoms with E-state index in [-0.39, 0.29) is 18.3 Å². The second-order valence-corrected chi connectivity index (χ2v) is 9.23. The Hall–Kier alpha value is -2.70. The van der Waals surface area contributed by atoms with Gasteiger partial charge in [0.05, 0.1) is 12.2 Å². The minimum atomic E-state index is -0.460. The molecule has 5 nitrogen and oxygen atoms in total. The molecular weight excluding hydrogens is 482 g/mol. The molecule has 2 aromatic carbocycles. The van der Waals surface area contributed by atoms with Gasteiger partial charge in [0.1, 0.15) is 6.61 Å². The molecule has 2 aromatic rings. The van der Waals surface area contributed by atoms with E-state index in [2.05, 4.69) is 33.4 Å².